The zero-order chi connectivity index (χ0) is 33.6. The first kappa shape index (κ1) is 35.1. The van der Waals surface area contributed by atoms with E-state index in [1.807, 2.05) is 13.0 Å². The fourth-order valence-corrected chi connectivity index (χ4v) is 8.74. The first-order valence-corrected chi connectivity index (χ1v) is 16.6. The number of carbonyl (C=O) groups is 5. The Morgan fingerprint density at radius 1 is 0.933 bits per heavy atom. The number of fused-ring (bicyclic) bond motifs is 5. The van der Waals surface area contributed by atoms with Crippen LogP contribution >= 0.6 is 0 Å². The summed E-state index contributed by atoms with van der Waals surface area (Å²) in [6.07, 6.45) is 6.50. The summed E-state index contributed by atoms with van der Waals surface area (Å²) in [6.45, 7) is 13.9. The van der Waals surface area contributed by atoms with Crippen molar-refractivity contribution >= 4 is 29.6 Å². The van der Waals surface area contributed by atoms with Crippen molar-refractivity contribution in [3.63, 3.8) is 0 Å². The second-order valence-electron chi connectivity index (χ2n) is 16.2. The Hall–Kier alpha value is -2.75. The van der Waals surface area contributed by atoms with Crippen LogP contribution in [0.5, 0.6) is 0 Å². The molecule has 0 aromatic heterocycles. The van der Waals surface area contributed by atoms with Gasteiger partial charge in [0.15, 0.2) is 12.4 Å². The molecule has 0 unspecified atom stereocenters. The van der Waals surface area contributed by atoms with Crippen molar-refractivity contribution in [1.82, 2.24) is 5.32 Å². The highest BCUT2D eigenvalue weighted by atomic mass is 16.6. The van der Waals surface area contributed by atoms with Crippen molar-refractivity contribution < 1.29 is 43.3 Å². The van der Waals surface area contributed by atoms with Gasteiger partial charge in [0, 0.05) is 18.3 Å². The van der Waals surface area contributed by atoms with E-state index in [-0.39, 0.29) is 30.0 Å². The molecular weight excluding hydrogens is 578 g/mol. The summed E-state index contributed by atoms with van der Waals surface area (Å²) in [7, 11) is 0. The van der Waals surface area contributed by atoms with Gasteiger partial charge in [0.1, 0.15) is 22.8 Å². The maximum absolute atomic E-state index is 13.7. The summed E-state index contributed by atoms with van der Waals surface area (Å²) in [4.78, 5) is 63.9. The van der Waals surface area contributed by atoms with Crippen LogP contribution in [0.15, 0.2) is 11.6 Å². The Bertz CT molecular complexity index is 1240. The molecule has 3 fully saturated rings. The highest BCUT2D eigenvalue weighted by Crippen LogP contribution is 2.67. The molecule has 10 heteroatoms. The zero-order valence-electron chi connectivity index (χ0n) is 28.4. The molecule has 10 nitrogen and oxygen atoms in total. The van der Waals surface area contributed by atoms with Crippen LogP contribution in [0.4, 0.5) is 4.79 Å². The van der Waals surface area contributed by atoms with Crippen molar-refractivity contribution in [3.05, 3.63) is 11.6 Å². The number of Topliss-reactive ketones (excluding diaryl/α,β-unsaturated/α-hetero) is 1. The Morgan fingerprint density at radius 3 is 2.22 bits per heavy atom. The number of aliphatic hydroxyl groups is 1. The summed E-state index contributed by atoms with van der Waals surface area (Å²) in [6, 6.07) is -1.26. The van der Waals surface area contributed by atoms with Gasteiger partial charge < -0.3 is 24.6 Å². The molecule has 0 aliphatic heterocycles. The number of rotatable bonds is 8. The van der Waals surface area contributed by atoms with Crippen LogP contribution in [0.25, 0.3) is 0 Å². The molecule has 4 rings (SSSR count). The number of hydrogen-bond acceptors (Lipinski definition) is 9. The van der Waals surface area contributed by atoms with Gasteiger partial charge in [-0.1, -0.05) is 19.4 Å². The lowest BCUT2D eigenvalue weighted by Crippen LogP contribution is -2.58. The lowest BCUT2D eigenvalue weighted by atomic mass is 9.46. The quantitative estimate of drug-likeness (QED) is 0.266. The zero-order valence-corrected chi connectivity index (χ0v) is 28.4. The molecule has 45 heavy (non-hydrogen) atoms. The molecule has 2 N–H and O–H groups in total. The minimum absolute atomic E-state index is 0.0200. The molecule has 4 aliphatic rings. The van der Waals surface area contributed by atoms with Crippen LogP contribution in [0.1, 0.15) is 120 Å². The van der Waals surface area contributed by atoms with Gasteiger partial charge in [0.25, 0.3) is 0 Å². The van der Waals surface area contributed by atoms with Gasteiger partial charge >= 0.3 is 18.0 Å². The third kappa shape index (κ3) is 7.31. The van der Waals surface area contributed by atoms with E-state index in [0.29, 0.717) is 37.5 Å². The molecule has 0 saturated heterocycles. The summed E-state index contributed by atoms with van der Waals surface area (Å²) in [5.74, 6) is -0.874. The smallest absolute Gasteiger partial charge is 0.408 e. The number of ether oxygens (including phenoxy) is 3. The van der Waals surface area contributed by atoms with Crippen molar-refractivity contribution in [2.45, 2.75) is 142 Å². The van der Waals surface area contributed by atoms with E-state index >= 15 is 0 Å². The average Bonchev–Trinajstić information content (AvgIpc) is 3.19. The van der Waals surface area contributed by atoms with Gasteiger partial charge in [-0.05, 0) is 122 Å². The number of hydrogen-bond donors (Lipinski definition) is 2. The summed E-state index contributed by atoms with van der Waals surface area (Å²) >= 11 is 0. The highest BCUT2D eigenvalue weighted by Gasteiger charge is 2.66. The van der Waals surface area contributed by atoms with Crippen molar-refractivity contribution in [3.8, 4) is 0 Å². The van der Waals surface area contributed by atoms with E-state index in [0.717, 1.165) is 25.7 Å². The Morgan fingerprint density at radius 2 is 1.58 bits per heavy atom. The SMILES string of the molecule is CC(C)(C)OC(=O)CC[C@H](NC(=O)OC(C)(C)C)C(=O)OCC(=O)[C@@]1(O)CC[C@@H]2[C@H]3CCC4=CC(=O)CC[C@]4(C)[C@H]3CC[C@@]21C. The second-order valence-corrected chi connectivity index (χ2v) is 16.2. The Balaban J connectivity index is 1.43. The van der Waals surface area contributed by atoms with Crippen LogP contribution in [0, 0.1) is 28.6 Å². The van der Waals surface area contributed by atoms with Gasteiger partial charge in [-0.25, -0.2) is 9.59 Å². The summed E-state index contributed by atoms with van der Waals surface area (Å²) < 4.78 is 16.0. The first-order chi connectivity index (χ1) is 20.7. The highest BCUT2D eigenvalue weighted by molar-refractivity contribution is 5.92. The lowest BCUT2D eigenvalue weighted by Gasteiger charge is -2.58. The molecule has 3 saturated carbocycles. The molecule has 4 aliphatic carbocycles. The molecule has 1 amide bonds. The average molecular weight is 632 g/mol. The molecular formula is C35H53NO9. The number of carbonyl (C=O) groups excluding carboxylic acids is 5. The van der Waals surface area contributed by atoms with Crippen molar-refractivity contribution in [2.24, 2.45) is 28.6 Å². The number of allylic oxidation sites excluding steroid dienone is 1. The number of ketones is 2. The molecule has 0 radical (unpaired) electrons. The third-order valence-electron chi connectivity index (χ3n) is 11.0. The molecule has 0 heterocycles. The van der Waals surface area contributed by atoms with Crippen LogP contribution < -0.4 is 5.32 Å². The summed E-state index contributed by atoms with van der Waals surface area (Å²) in [5, 5.41) is 14.5. The molecule has 0 bridgehead atoms. The van der Waals surface area contributed by atoms with Gasteiger partial charge in [-0.3, -0.25) is 14.4 Å². The lowest BCUT2D eigenvalue weighted by molar-refractivity contribution is -0.170. The van der Waals surface area contributed by atoms with Gasteiger partial charge in [-0.2, -0.15) is 0 Å². The predicted octanol–water partition coefficient (Wildman–Crippen LogP) is 5.38. The molecule has 0 aromatic carbocycles. The summed E-state index contributed by atoms with van der Waals surface area (Å²) in [5.41, 5.74) is -2.60. The first-order valence-electron chi connectivity index (χ1n) is 16.6. The molecule has 0 aromatic rings. The van der Waals surface area contributed by atoms with Crippen molar-refractivity contribution in [2.75, 3.05) is 6.61 Å². The fraction of sp³-hybridized carbons (Fsp3) is 0.800. The molecule has 7 atom stereocenters. The van der Waals surface area contributed by atoms with E-state index in [9.17, 15) is 29.1 Å². The van der Waals surface area contributed by atoms with Crippen molar-refractivity contribution in [1.29, 1.82) is 0 Å². The van der Waals surface area contributed by atoms with Crippen LogP contribution in [0.2, 0.25) is 0 Å². The normalized spacial score (nSPS) is 33.5. The maximum Gasteiger partial charge on any atom is 0.408 e. The topological polar surface area (TPSA) is 145 Å². The van der Waals surface area contributed by atoms with E-state index < -0.39 is 58.7 Å². The fourth-order valence-electron chi connectivity index (χ4n) is 8.74. The number of esters is 2. The van der Waals surface area contributed by atoms with Gasteiger partial charge in [0.2, 0.25) is 5.78 Å². The molecule has 252 valence electrons. The van der Waals surface area contributed by atoms with E-state index in [1.165, 1.54) is 5.57 Å². The van der Waals surface area contributed by atoms with Crippen LogP contribution in [-0.4, -0.2) is 64.2 Å². The second kappa shape index (κ2) is 12.5. The van der Waals surface area contributed by atoms with Crippen LogP contribution in [0.3, 0.4) is 0 Å². The van der Waals surface area contributed by atoms with E-state index in [2.05, 4.69) is 12.2 Å². The Labute approximate surface area is 267 Å². The van der Waals surface area contributed by atoms with E-state index in [1.54, 1.807) is 41.5 Å². The predicted molar refractivity (Wildman–Crippen MR) is 166 cm³/mol. The van der Waals surface area contributed by atoms with Gasteiger partial charge in [-0.15, -0.1) is 0 Å². The largest absolute Gasteiger partial charge is 0.460 e. The van der Waals surface area contributed by atoms with E-state index in [4.69, 9.17) is 14.2 Å². The number of alkyl carbamates (subject to hydrolysis) is 1. The standard InChI is InChI=1S/C35H53NO9/c1-31(2,3)44-28(39)12-11-26(36-30(41)45-32(4,5)6)29(40)43-20-27(38)35(42)18-15-25-23-10-9-21-19-22(37)13-16-33(21,7)24(23)14-17-34(25,35)8/h19,23-26,42H,9-18,20H2,1-8H3,(H,36,41)/t23-,24-,25+,26-,33-,34-,35-/m0/s1. The molecule has 0 spiro atoms. The minimum atomic E-state index is -1.65. The van der Waals surface area contributed by atoms with Crippen LogP contribution in [-0.2, 0) is 33.4 Å². The number of amides is 1. The Kier molecular flexibility index (Phi) is 9.72. The monoisotopic (exact) mass is 631 g/mol. The maximum atomic E-state index is 13.7. The third-order valence-corrected chi connectivity index (χ3v) is 11.0. The number of nitrogens with one attached hydrogen (secondary N) is 1. The minimum Gasteiger partial charge on any atom is -0.460 e. The van der Waals surface area contributed by atoms with Gasteiger partial charge in [0.05, 0.1) is 0 Å².